The molecule has 0 radical (unpaired) electrons. The van der Waals surface area contributed by atoms with Gasteiger partial charge in [0.05, 0.1) is 24.8 Å². The highest BCUT2D eigenvalue weighted by Gasteiger charge is 2.53. The van der Waals surface area contributed by atoms with Crippen LogP contribution in [0.2, 0.25) is 0 Å². The average Bonchev–Trinajstić information content (AvgIpc) is 2.96. The van der Waals surface area contributed by atoms with Gasteiger partial charge in [0.15, 0.2) is 17.7 Å². The van der Waals surface area contributed by atoms with E-state index in [0.29, 0.717) is 22.5 Å². The van der Waals surface area contributed by atoms with Crippen LogP contribution in [0.3, 0.4) is 0 Å². The highest BCUT2D eigenvalue weighted by molar-refractivity contribution is 5.88. The zero-order valence-electron chi connectivity index (χ0n) is 13.0. The predicted octanol–water partition coefficient (Wildman–Crippen LogP) is -0.890. The molecular weight excluding hydrogens is 306 g/mol. The van der Waals surface area contributed by atoms with Gasteiger partial charge in [-0.15, -0.1) is 0 Å². The molecule has 4 atom stereocenters. The van der Waals surface area contributed by atoms with Crippen molar-refractivity contribution in [3.05, 3.63) is 12.0 Å². The molecule has 4 N–H and O–H groups in total. The second-order valence-corrected chi connectivity index (χ2v) is 5.64. The Labute approximate surface area is 131 Å². The van der Waals surface area contributed by atoms with Gasteiger partial charge in [-0.1, -0.05) is 0 Å². The molecular formula is C13H19N5O5. The number of aliphatic hydroxyl groups excluding tert-OH is 2. The Morgan fingerprint density at radius 2 is 2.22 bits per heavy atom. The molecule has 10 nitrogen and oxygen atoms in total. The third-order valence-corrected chi connectivity index (χ3v) is 4.02. The van der Waals surface area contributed by atoms with Gasteiger partial charge in [0.25, 0.3) is 0 Å². The smallest absolute Gasteiger partial charge is 0.183 e. The molecule has 10 heteroatoms. The fraction of sp³-hybridized carbons (Fsp3) is 0.615. The number of fused-ring (bicyclic) bond motifs is 1. The van der Waals surface area contributed by atoms with Crippen LogP contribution in [0, 0.1) is 6.92 Å². The van der Waals surface area contributed by atoms with E-state index in [0.717, 1.165) is 0 Å². The summed E-state index contributed by atoms with van der Waals surface area (Å²) in [6, 6.07) is 0. The van der Waals surface area contributed by atoms with Crippen molar-refractivity contribution in [3.8, 4) is 0 Å². The van der Waals surface area contributed by atoms with Gasteiger partial charge in [0.2, 0.25) is 0 Å². The Kier molecular flexibility index (Phi) is 3.94. The highest BCUT2D eigenvalue weighted by Crippen LogP contribution is 2.39. The van der Waals surface area contributed by atoms with E-state index in [2.05, 4.69) is 20.5 Å². The maximum atomic E-state index is 10.6. The number of hydrogen-bond acceptors (Lipinski definition) is 9. The van der Waals surface area contributed by atoms with Gasteiger partial charge >= 0.3 is 0 Å². The van der Waals surface area contributed by atoms with Gasteiger partial charge in [-0.25, -0.2) is 20.1 Å². The average molecular weight is 325 g/mol. The predicted molar refractivity (Wildman–Crippen MR) is 78.3 cm³/mol. The molecule has 0 spiro atoms. The molecule has 2 aromatic rings. The molecule has 3 unspecified atom stereocenters. The van der Waals surface area contributed by atoms with Crippen LogP contribution in [0.5, 0.6) is 0 Å². The molecule has 2 aromatic heterocycles. The summed E-state index contributed by atoms with van der Waals surface area (Å²) >= 11 is 0. The highest BCUT2D eigenvalue weighted by atomic mass is 16.6. The first-order chi connectivity index (χ1) is 10.9. The van der Waals surface area contributed by atoms with Crippen molar-refractivity contribution in [1.82, 2.24) is 19.7 Å². The fourth-order valence-corrected chi connectivity index (χ4v) is 2.83. The zero-order chi connectivity index (χ0) is 16.8. The van der Waals surface area contributed by atoms with Crippen LogP contribution in [0.25, 0.3) is 11.0 Å². The van der Waals surface area contributed by atoms with Crippen molar-refractivity contribution < 1.29 is 24.9 Å². The Morgan fingerprint density at radius 3 is 2.83 bits per heavy atom. The number of nitrogens with one attached hydrogen (secondary N) is 1. The molecule has 1 aliphatic heterocycles. The first-order valence-corrected chi connectivity index (χ1v) is 7.07. The largest absolute Gasteiger partial charge is 0.394 e. The van der Waals surface area contributed by atoms with E-state index in [1.807, 2.05) is 0 Å². The van der Waals surface area contributed by atoms with Crippen molar-refractivity contribution in [2.24, 2.45) is 0 Å². The van der Waals surface area contributed by atoms with E-state index in [9.17, 15) is 15.3 Å². The van der Waals surface area contributed by atoms with Crippen molar-refractivity contribution in [2.75, 3.05) is 19.2 Å². The lowest BCUT2D eigenvalue weighted by molar-refractivity contribution is -0.100. The summed E-state index contributed by atoms with van der Waals surface area (Å²) in [5.41, 5.74) is 2.02. The normalized spacial score (nSPS) is 31.0. The third kappa shape index (κ3) is 2.35. The van der Waals surface area contributed by atoms with Gasteiger partial charge in [-0.05, 0) is 13.8 Å². The molecule has 3 rings (SSSR count). The second-order valence-electron chi connectivity index (χ2n) is 5.64. The number of aromatic nitrogens is 4. The SMILES string of the molecule is CONc1ncnc2c1c(C)nn2C1OC(CO)C(O)[C@@]1(C)O. The topological polar surface area (TPSA) is 135 Å². The summed E-state index contributed by atoms with van der Waals surface area (Å²) in [5, 5.41) is 35.0. The monoisotopic (exact) mass is 325 g/mol. The Hall–Kier alpha value is -1.85. The maximum Gasteiger partial charge on any atom is 0.183 e. The van der Waals surface area contributed by atoms with Crippen molar-refractivity contribution in [1.29, 1.82) is 0 Å². The molecule has 1 aliphatic rings. The van der Waals surface area contributed by atoms with E-state index >= 15 is 0 Å². The van der Waals surface area contributed by atoms with E-state index < -0.39 is 30.6 Å². The van der Waals surface area contributed by atoms with Crippen LogP contribution < -0.4 is 5.48 Å². The summed E-state index contributed by atoms with van der Waals surface area (Å²) < 4.78 is 6.96. The first-order valence-electron chi connectivity index (χ1n) is 7.07. The van der Waals surface area contributed by atoms with Gasteiger partial charge in [0, 0.05) is 0 Å². The van der Waals surface area contributed by atoms with E-state index in [-0.39, 0.29) is 0 Å². The summed E-state index contributed by atoms with van der Waals surface area (Å²) in [6.45, 7) is 2.76. The number of anilines is 1. The number of nitrogens with zero attached hydrogens (tertiary/aromatic N) is 4. The summed E-state index contributed by atoms with van der Waals surface area (Å²) in [5.74, 6) is 0.429. The Bertz CT molecular complexity index is 718. The standard InChI is InChI=1S/C13H19N5O5/c1-6-8-10(17-22-3)14-5-15-11(8)18(16-6)12-13(2,21)9(20)7(4-19)23-12/h5,7,9,12,19-21H,4H2,1-3H3,(H,14,15,17)/t7?,9?,12?,13-/m1/s1. The van der Waals surface area contributed by atoms with Crippen LogP contribution in [0.15, 0.2) is 6.33 Å². The minimum Gasteiger partial charge on any atom is -0.394 e. The van der Waals surface area contributed by atoms with Gasteiger partial charge in [0.1, 0.15) is 24.1 Å². The molecule has 0 aromatic carbocycles. The Balaban J connectivity index is 2.13. The Morgan fingerprint density at radius 1 is 1.48 bits per heavy atom. The van der Waals surface area contributed by atoms with E-state index in [1.165, 1.54) is 25.0 Å². The molecule has 0 aliphatic carbocycles. The van der Waals surface area contributed by atoms with Crippen LogP contribution in [-0.4, -0.2) is 66.6 Å². The van der Waals surface area contributed by atoms with E-state index in [4.69, 9.17) is 9.57 Å². The molecule has 3 heterocycles. The molecule has 0 amide bonds. The van der Waals surface area contributed by atoms with Gasteiger partial charge < -0.3 is 20.1 Å². The maximum absolute atomic E-state index is 10.6. The molecule has 126 valence electrons. The number of rotatable bonds is 4. The molecule has 1 fully saturated rings. The van der Waals surface area contributed by atoms with Crippen LogP contribution >= 0.6 is 0 Å². The summed E-state index contributed by atoms with van der Waals surface area (Å²) in [7, 11) is 1.46. The summed E-state index contributed by atoms with van der Waals surface area (Å²) in [4.78, 5) is 13.2. The molecule has 23 heavy (non-hydrogen) atoms. The molecule has 0 bridgehead atoms. The van der Waals surface area contributed by atoms with Crippen LogP contribution in [0.4, 0.5) is 5.82 Å². The number of hydrogen-bond donors (Lipinski definition) is 4. The minimum atomic E-state index is -1.64. The number of aliphatic hydroxyl groups is 3. The summed E-state index contributed by atoms with van der Waals surface area (Å²) in [6.07, 6.45) is -1.84. The minimum absolute atomic E-state index is 0.410. The third-order valence-electron chi connectivity index (χ3n) is 4.02. The van der Waals surface area contributed by atoms with Crippen molar-refractivity contribution in [2.45, 2.75) is 37.9 Å². The van der Waals surface area contributed by atoms with Crippen molar-refractivity contribution in [3.63, 3.8) is 0 Å². The lowest BCUT2D eigenvalue weighted by Gasteiger charge is -2.26. The van der Waals surface area contributed by atoms with Crippen LogP contribution in [-0.2, 0) is 9.57 Å². The fourth-order valence-electron chi connectivity index (χ4n) is 2.83. The second kappa shape index (κ2) is 5.65. The quantitative estimate of drug-likeness (QED) is 0.528. The molecule has 1 saturated heterocycles. The van der Waals surface area contributed by atoms with Crippen molar-refractivity contribution >= 4 is 16.9 Å². The lowest BCUT2D eigenvalue weighted by atomic mass is 9.97. The first kappa shape index (κ1) is 16.0. The van der Waals surface area contributed by atoms with Gasteiger partial charge in [-0.3, -0.25) is 4.84 Å². The molecule has 0 saturated carbocycles. The lowest BCUT2D eigenvalue weighted by Crippen LogP contribution is -2.44. The van der Waals surface area contributed by atoms with E-state index in [1.54, 1.807) is 6.92 Å². The van der Waals surface area contributed by atoms with Crippen LogP contribution in [0.1, 0.15) is 18.8 Å². The number of ether oxygens (including phenoxy) is 1. The number of aryl methyl sites for hydroxylation is 1. The van der Waals surface area contributed by atoms with Gasteiger partial charge in [-0.2, -0.15) is 5.10 Å². The zero-order valence-corrected chi connectivity index (χ0v) is 13.0.